The lowest BCUT2D eigenvalue weighted by Crippen LogP contribution is -2.28. The highest BCUT2D eigenvalue weighted by atomic mass is 32.2. The van der Waals surface area contributed by atoms with Gasteiger partial charge in [-0.15, -0.1) is 0 Å². The standard InChI is InChI=1S/C4H7NOS.2C2H6/c6-4-3-5-1-2-7-4;2*1-2/h5H,1-3H2;2*1-2H3. The van der Waals surface area contributed by atoms with Crippen LogP contribution in [0.1, 0.15) is 27.7 Å². The molecule has 68 valence electrons. The van der Waals surface area contributed by atoms with Gasteiger partial charge in [0.25, 0.3) is 0 Å². The summed E-state index contributed by atoms with van der Waals surface area (Å²) in [4.78, 5) is 10.4. The molecule has 0 unspecified atom stereocenters. The maximum atomic E-state index is 10.4. The van der Waals surface area contributed by atoms with Crippen molar-refractivity contribution in [2.75, 3.05) is 18.8 Å². The van der Waals surface area contributed by atoms with E-state index in [2.05, 4.69) is 5.32 Å². The first-order chi connectivity index (χ1) is 5.39. The minimum atomic E-state index is 0.270. The molecule has 1 N–H and O–H groups in total. The van der Waals surface area contributed by atoms with Crippen LogP contribution in [0.2, 0.25) is 0 Å². The van der Waals surface area contributed by atoms with Crippen molar-refractivity contribution in [1.29, 1.82) is 0 Å². The van der Waals surface area contributed by atoms with E-state index in [4.69, 9.17) is 0 Å². The highest BCUT2D eigenvalue weighted by Crippen LogP contribution is 2.02. The number of nitrogens with one attached hydrogen (secondary N) is 1. The summed E-state index contributed by atoms with van der Waals surface area (Å²) in [7, 11) is 0. The number of hydrogen-bond donors (Lipinski definition) is 1. The molecule has 0 amide bonds. The third-order valence-electron chi connectivity index (χ3n) is 0.811. The maximum Gasteiger partial charge on any atom is 0.202 e. The highest BCUT2D eigenvalue weighted by Gasteiger charge is 2.05. The summed E-state index contributed by atoms with van der Waals surface area (Å²) < 4.78 is 0. The van der Waals surface area contributed by atoms with Crippen LogP contribution in [-0.4, -0.2) is 24.0 Å². The van der Waals surface area contributed by atoms with Crippen molar-refractivity contribution < 1.29 is 4.79 Å². The van der Waals surface area contributed by atoms with Gasteiger partial charge in [-0.1, -0.05) is 39.5 Å². The molecule has 3 heteroatoms. The Balaban J connectivity index is 0. The first-order valence-corrected chi connectivity index (χ1v) is 5.24. The fourth-order valence-corrected chi connectivity index (χ4v) is 1.16. The second-order valence-corrected chi connectivity index (χ2v) is 2.55. The zero-order valence-corrected chi connectivity index (χ0v) is 8.75. The first-order valence-electron chi connectivity index (χ1n) is 4.26. The van der Waals surface area contributed by atoms with Crippen LogP contribution >= 0.6 is 11.8 Å². The van der Waals surface area contributed by atoms with Gasteiger partial charge in [0, 0.05) is 12.3 Å². The molecule has 0 spiro atoms. The van der Waals surface area contributed by atoms with Crippen LogP contribution in [-0.2, 0) is 4.79 Å². The molecule has 1 rings (SSSR count). The summed E-state index contributed by atoms with van der Waals surface area (Å²) in [5.74, 6) is 0.943. The monoisotopic (exact) mass is 177 g/mol. The van der Waals surface area contributed by atoms with Gasteiger partial charge in [-0.05, 0) is 0 Å². The summed E-state index contributed by atoms with van der Waals surface area (Å²) in [6, 6.07) is 0. The third-order valence-corrected chi connectivity index (χ3v) is 1.69. The Morgan fingerprint density at radius 3 is 2.00 bits per heavy atom. The Kier molecular flexibility index (Phi) is 15.6. The zero-order valence-electron chi connectivity index (χ0n) is 7.94. The van der Waals surface area contributed by atoms with E-state index >= 15 is 0 Å². The van der Waals surface area contributed by atoms with E-state index in [1.807, 2.05) is 27.7 Å². The Labute approximate surface area is 74.1 Å². The number of thioether (sulfide) groups is 1. The van der Waals surface area contributed by atoms with Gasteiger partial charge in [-0.2, -0.15) is 0 Å². The number of hydrogen-bond acceptors (Lipinski definition) is 3. The van der Waals surface area contributed by atoms with Crippen LogP contribution in [0, 0.1) is 0 Å². The molecule has 11 heavy (non-hydrogen) atoms. The van der Waals surface area contributed by atoms with Gasteiger partial charge in [0.2, 0.25) is 5.12 Å². The van der Waals surface area contributed by atoms with Gasteiger partial charge in [0.15, 0.2) is 0 Å². The lowest BCUT2D eigenvalue weighted by atomic mass is 10.6. The smallest absolute Gasteiger partial charge is 0.202 e. The Bertz CT molecular complexity index is 78.2. The molecule has 1 aliphatic rings. The molecule has 0 aromatic rings. The van der Waals surface area contributed by atoms with E-state index in [1.165, 1.54) is 11.8 Å². The average Bonchev–Trinajstić information content (AvgIpc) is 2.13. The molecule has 0 aromatic heterocycles. The fraction of sp³-hybridized carbons (Fsp3) is 0.875. The van der Waals surface area contributed by atoms with Gasteiger partial charge in [0.05, 0.1) is 6.54 Å². The van der Waals surface area contributed by atoms with Crippen LogP contribution in [0.5, 0.6) is 0 Å². The van der Waals surface area contributed by atoms with Crippen LogP contribution in [0.4, 0.5) is 0 Å². The third kappa shape index (κ3) is 9.98. The minimum absolute atomic E-state index is 0.270. The van der Waals surface area contributed by atoms with Crippen LogP contribution in [0.25, 0.3) is 0 Å². The topological polar surface area (TPSA) is 29.1 Å². The number of carbonyl (C=O) groups excluding carboxylic acids is 1. The van der Waals surface area contributed by atoms with E-state index in [9.17, 15) is 4.79 Å². The summed E-state index contributed by atoms with van der Waals surface area (Å²) in [6.45, 7) is 9.54. The van der Waals surface area contributed by atoms with Gasteiger partial charge in [-0.25, -0.2) is 0 Å². The number of rotatable bonds is 0. The predicted octanol–water partition coefficient (Wildman–Crippen LogP) is 1.90. The maximum absolute atomic E-state index is 10.4. The predicted molar refractivity (Wildman–Crippen MR) is 53.0 cm³/mol. The van der Waals surface area contributed by atoms with Crippen molar-refractivity contribution in [2.24, 2.45) is 0 Å². The van der Waals surface area contributed by atoms with Gasteiger partial charge < -0.3 is 5.32 Å². The summed E-state index contributed by atoms with van der Waals surface area (Å²) in [5, 5.41) is 3.23. The lowest BCUT2D eigenvalue weighted by molar-refractivity contribution is -0.110. The Hall–Kier alpha value is -0.0200. The normalized spacial score (nSPS) is 15.5. The largest absolute Gasteiger partial charge is 0.308 e. The van der Waals surface area contributed by atoms with E-state index in [1.54, 1.807) is 0 Å². The summed E-state index contributed by atoms with van der Waals surface area (Å²) >= 11 is 1.42. The molecular formula is C8H19NOS. The molecule has 0 aromatic carbocycles. The van der Waals surface area contributed by atoms with E-state index in [0.717, 1.165) is 12.3 Å². The summed E-state index contributed by atoms with van der Waals surface area (Å²) in [5.41, 5.74) is 0. The van der Waals surface area contributed by atoms with Gasteiger partial charge >= 0.3 is 0 Å². The average molecular weight is 177 g/mol. The molecule has 0 atom stereocenters. The van der Waals surface area contributed by atoms with Crippen molar-refractivity contribution in [1.82, 2.24) is 5.32 Å². The quantitative estimate of drug-likeness (QED) is 0.613. The second-order valence-electron chi connectivity index (χ2n) is 1.40. The molecule has 2 nitrogen and oxygen atoms in total. The van der Waals surface area contributed by atoms with Crippen LogP contribution in [0.15, 0.2) is 0 Å². The van der Waals surface area contributed by atoms with Crippen LogP contribution < -0.4 is 5.32 Å². The molecular weight excluding hydrogens is 158 g/mol. The van der Waals surface area contributed by atoms with Crippen molar-refractivity contribution in [3.63, 3.8) is 0 Å². The molecule has 0 bridgehead atoms. The minimum Gasteiger partial charge on any atom is -0.308 e. The van der Waals surface area contributed by atoms with Gasteiger partial charge in [-0.3, -0.25) is 4.79 Å². The number of carbonyl (C=O) groups is 1. The fourth-order valence-electron chi connectivity index (χ4n) is 0.479. The van der Waals surface area contributed by atoms with E-state index < -0.39 is 0 Å². The molecule has 0 saturated carbocycles. The first kappa shape index (κ1) is 13.6. The molecule has 1 heterocycles. The van der Waals surface area contributed by atoms with E-state index in [-0.39, 0.29) is 5.12 Å². The molecule has 0 aliphatic carbocycles. The zero-order chi connectivity index (χ0) is 9.11. The van der Waals surface area contributed by atoms with E-state index in [0.29, 0.717) is 6.54 Å². The van der Waals surface area contributed by atoms with Crippen molar-refractivity contribution >= 4 is 16.9 Å². The highest BCUT2D eigenvalue weighted by molar-refractivity contribution is 8.13. The van der Waals surface area contributed by atoms with Crippen molar-refractivity contribution in [3.05, 3.63) is 0 Å². The lowest BCUT2D eigenvalue weighted by Gasteiger charge is -2.07. The van der Waals surface area contributed by atoms with Crippen molar-refractivity contribution in [3.8, 4) is 0 Å². The summed E-state index contributed by atoms with van der Waals surface area (Å²) in [6.07, 6.45) is 0. The molecule has 0 radical (unpaired) electrons. The molecule has 1 fully saturated rings. The molecule has 1 saturated heterocycles. The van der Waals surface area contributed by atoms with Crippen LogP contribution in [0.3, 0.4) is 0 Å². The Morgan fingerprint density at radius 2 is 1.82 bits per heavy atom. The van der Waals surface area contributed by atoms with Gasteiger partial charge in [0.1, 0.15) is 0 Å². The SMILES string of the molecule is CC.CC.O=C1CNCCS1. The Morgan fingerprint density at radius 1 is 1.27 bits per heavy atom. The van der Waals surface area contributed by atoms with Crippen molar-refractivity contribution in [2.45, 2.75) is 27.7 Å². The molecule has 1 aliphatic heterocycles. The second kappa shape index (κ2) is 12.6.